The zero-order chi connectivity index (χ0) is 21.0. The van der Waals surface area contributed by atoms with E-state index in [9.17, 15) is 4.79 Å². The fraction of sp³-hybridized carbons (Fsp3) is 0.200. The Morgan fingerprint density at radius 3 is 2.71 bits per heavy atom. The lowest BCUT2D eigenvalue weighted by molar-refractivity contribution is 0.103. The Morgan fingerprint density at radius 2 is 1.87 bits per heavy atom. The molecule has 1 saturated heterocycles. The van der Waals surface area contributed by atoms with E-state index in [1.807, 2.05) is 54.7 Å². The number of carbonyl (C=O) groups excluding carboxylic acids is 1. The van der Waals surface area contributed by atoms with E-state index >= 15 is 0 Å². The minimum absolute atomic E-state index is 0.103. The van der Waals surface area contributed by atoms with Gasteiger partial charge >= 0.3 is 0 Å². The highest BCUT2D eigenvalue weighted by Gasteiger charge is 2.19. The van der Waals surface area contributed by atoms with Crippen LogP contribution >= 0.6 is 11.3 Å². The van der Waals surface area contributed by atoms with E-state index in [1.54, 1.807) is 6.20 Å². The molecule has 4 aromatic rings. The van der Waals surface area contributed by atoms with Gasteiger partial charge in [0.05, 0.1) is 4.88 Å². The van der Waals surface area contributed by atoms with Crippen LogP contribution in [0.25, 0.3) is 21.2 Å². The summed E-state index contributed by atoms with van der Waals surface area (Å²) in [5, 5.41) is 8.49. The first-order valence-corrected chi connectivity index (χ1v) is 11.3. The van der Waals surface area contributed by atoms with Gasteiger partial charge in [-0.25, -0.2) is 0 Å². The first-order valence-electron chi connectivity index (χ1n) is 10.5. The number of amides is 1. The quantitative estimate of drug-likeness (QED) is 0.449. The number of anilines is 1. The number of nitrogens with zero attached hydrogens (tertiary/aromatic N) is 1. The maximum absolute atomic E-state index is 12.7. The van der Waals surface area contributed by atoms with Crippen molar-refractivity contribution in [2.75, 3.05) is 18.4 Å². The third-order valence-electron chi connectivity index (χ3n) is 5.45. The van der Waals surface area contributed by atoms with Crippen molar-refractivity contribution in [3.8, 4) is 16.2 Å². The van der Waals surface area contributed by atoms with Crippen LogP contribution in [-0.4, -0.2) is 30.1 Å². The fourth-order valence-electron chi connectivity index (χ4n) is 3.82. The van der Waals surface area contributed by atoms with E-state index in [0.29, 0.717) is 4.88 Å². The van der Waals surface area contributed by atoms with Gasteiger partial charge < -0.3 is 15.4 Å². The van der Waals surface area contributed by atoms with Crippen LogP contribution in [0.3, 0.4) is 0 Å². The molecule has 3 heterocycles. The maximum atomic E-state index is 12.7. The standard InChI is InChI=1S/C25H23N3O2S/c29-25(28-19-4-2-1-3-5-19)24-7-6-23(31-24)21-14-17-8-11-27-16-18(17)15-22(21)30-20-9-12-26-13-10-20/h1-8,11,14-16,20,26H,9-10,12-13H2,(H,28,29). The summed E-state index contributed by atoms with van der Waals surface area (Å²) in [5.74, 6) is 0.748. The van der Waals surface area contributed by atoms with Gasteiger partial charge in [0.15, 0.2) is 0 Å². The Labute approximate surface area is 185 Å². The van der Waals surface area contributed by atoms with Crippen LogP contribution in [0.4, 0.5) is 5.69 Å². The van der Waals surface area contributed by atoms with Crippen LogP contribution < -0.4 is 15.4 Å². The number of aromatic nitrogens is 1. The molecule has 0 aliphatic carbocycles. The smallest absolute Gasteiger partial charge is 0.265 e. The highest BCUT2D eigenvalue weighted by molar-refractivity contribution is 7.17. The highest BCUT2D eigenvalue weighted by atomic mass is 32.1. The average Bonchev–Trinajstić information content (AvgIpc) is 3.30. The minimum atomic E-state index is -0.103. The highest BCUT2D eigenvalue weighted by Crippen LogP contribution is 2.39. The summed E-state index contributed by atoms with van der Waals surface area (Å²) in [6.45, 7) is 1.94. The maximum Gasteiger partial charge on any atom is 0.265 e. The van der Waals surface area contributed by atoms with E-state index in [-0.39, 0.29) is 12.0 Å². The summed E-state index contributed by atoms with van der Waals surface area (Å²) in [7, 11) is 0. The molecule has 1 fully saturated rings. The van der Waals surface area contributed by atoms with Crippen molar-refractivity contribution in [1.29, 1.82) is 0 Å². The van der Waals surface area contributed by atoms with Crippen LogP contribution in [-0.2, 0) is 0 Å². The Morgan fingerprint density at radius 1 is 1.03 bits per heavy atom. The Kier molecular flexibility index (Phi) is 5.65. The number of piperidine rings is 1. The molecule has 1 aliphatic rings. The predicted octanol–water partition coefficient (Wildman–Crippen LogP) is 5.35. The second kappa shape index (κ2) is 8.88. The molecule has 1 amide bonds. The van der Waals surface area contributed by atoms with Gasteiger partial charge in [-0.15, -0.1) is 11.3 Å². The third-order valence-corrected chi connectivity index (χ3v) is 6.56. The van der Waals surface area contributed by atoms with Gasteiger partial charge in [0.25, 0.3) is 5.91 Å². The first kappa shape index (κ1) is 19.7. The predicted molar refractivity (Wildman–Crippen MR) is 126 cm³/mol. The van der Waals surface area contributed by atoms with Crippen LogP contribution in [0.2, 0.25) is 0 Å². The summed E-state index contributed by atoms with van der Waals surface area (Å²) < 4.78 is 6.45. The number of hydrogen-bond acceptors (Lipinski definition) is 5. The van der Waals surface area contributed by atoms with Crippen LogP contribution in [0.5, 0.6) is 5.75 Å². The molecule has 0 unspecified atom stereocenters. The molecular formula is C25H23N3O2S. The molecule has 0 spiro atoms. The molecule has 0 saturated carbocycles. The molecule has 31 heavy (non-hydrogen) atoms. The van der Waals surface area contributed by atoms with Crippen molar-refractivity contribution in [1.82, 2.24) is 10.3 Å². The lowest BCUT2D eigenvalue weighted by atomic mass is 10.1. The second-order valence-electron chi connectivity index (χ2n) is 7.62. The summed E-state index contributed by atoms with van der Waals surface area (Å²) in [6.07, 6.45) is 5.82. The third kappa shape index (κ3) is 4.45. The minimum Gasteiger partial charge on any atom is -0.490 e. The zero-order valence-corrected chi connectivity index (χ0v) is 17.8. The molecule has 0 atom stereocenters. The molecule has 2 N–H and O–H groups in total. The summed E-state index contributed by atoms with van der Waals surface area (Å²) in [4.78, 5) is 18.7. The Bertz CT molecular complexity index is 1200. The van der Waals surface area contributed by atoms with Crippen molar-refractivity contribution in [3.05, 3.63) is 77.9 Å². The monoisotopic (exact) mass is 429 g/mol. The number of para-hydroxylation sites is 1. The number of carbonyl (C=O) groups is 1. The molecule has 5 nitrogen and oxygen atoms in total. The van der Waals surface area contributed by atoms with Crippen LogP contribution in [0.15, 0.2) is 73.1 Å². The van der Waals surface area contributed by atoms with E-state index in [4.69, 9.17) is 4.74 Å². The van der Waals surface area contributed by atoms with Gasteiger partial charge in [-0.2, -0.15) is 0 Å². The van der Waals surface area contributed by atoms with E-state index in [0.717, 1.165) is 58.6 Å². The van der Waals surface area contributed by atoms with Crippen molar-refractivity contribution >= 4 is 33.7 Å². The SMILES string of the molecule is O=C(Nc1ccccc1)c1ccc(-c2cc3ccncc3cc2OC2CCNCC2)s1. The summed E-state index contributed by atoms with van der Waals surface area (Å²) >= 11 is 1.48. The van der Waals surface area contributed by atoms with Gasteiger partial charge in [0.2, 0.25) is 0 Å². The van der Waals surface area contributed by atoms with E-state index in [2.05, 4.69) is 27.8 Å². The number of nitrogens with one attached hydrogen (secondary N) is 2. The second-order valence-corrected chi connectivity index (χ2v) is 8.71. The molecule has 6 heteroatoms. The van der Waals surface area contributed by atoms with E-state index in [1.165, 1.54) is 11.3 Å². The summed E-state index contributed by atoms with van der Waals surface area (Å²) in [5.41, 5.74) is 1.80. The van der Waals surface area contributed by atoms with E-state index < -0.39 is 0 Å². The molecule has 1 aliphatic heterocycles. The fourth-order valence-corrected chi connectivity index (χ4v) is 4.74. The molecule has 5 rings (SSSR count). The van der Waals surface area contributed by atoms with Crippen molar-refractivity contribution in [3.63, 3.8) is 0 Å². The molecule has 156 valence electrons. The summed E-state index contributed by atoms with van der Waals surface area (Å²) in [6, 6.07) is 19.6. The number of thiophene rings is 1. The molecule has 0 bridgehead atoms. The largest absolute Gasteiger partial charge is 0.490 e. The lowest BCUT2D eigenvalue weighted by Crippen LogP contribution is -2.34. The molecular weight excluding hydrogens is 406 g/mol. The van der Waals surface area contributed by atoms with Crippen LogP contribution in [0, 0.1) is 0 Å². The zero-order valence-electron chi connectivity index (χ0n) is 17.0. The molecule has 0 radical (unpaired) electrons. The number of hydrogen-bond donors (Lipinski definition) is 2. The number of rotatable bonds is 5. The van der Waals surface area contributed by atoms with Crippen LogP contribution in [0.1, 0.15) is 22.5 Å². The number of ether oxygens (including phenoxy) is 1. The van der Waals surface area contributed by atoms with Gasteiger partial charge in [-0.1, -0.05) is 18.2 Å². The first-order chi connectivity index (χ1) is 15.3. The van der Waals surface area contributed by atoms with Gasteiger partial charge in [0.1, 0.15) is 11.9 Å². The number of fused-ring (bicyclic) bond motifs is 1. The Balaban J connectivity index is 1.47. The Hall–Kier alpha value is -3.22. The topological polar surface area (TPSA) is 63.2 Å². The normalized spacial score (nSPS) is 14.5. The molecule has 2 aromatic heterocycles. The number of benzene rings is 2. The van der Waals surface area contributed by atoms with Gasteiger partial charge in [-0.05, 0) is 73.8 Å². The molecule has 2 aromatic carbocycles. The lowest BCUT2D eigenvalue weighted by Gasteiger charge is -2.25. The van der Waals surface area contributed by atoms with Crippen molar-refractivity contribution in [2.45, 2.75) is 18.9 Å². The number of pyridine rings is 1. The van der Waals surface area contributed by atoms with Gasteiger partial charge in [0, 0.05) is 33.9 Å². The van der Waals surface area contributed by atoms with Crippen molar-refractivity contribution < 1.29 is 9.53 Å². The van der Waals surface area contributed by atoms with Crippen molar-refractivity contribution in [2.24, 2.45) is 0 Å². The van der Waals surface area contributed by atoms with Gasteiger partial charge in [-0.3, -0.25) is 9.78 Å². The average molecular weight is 430 g/mol.